The third-order valence-electron chi connectivity index (χ3n) is 2.89. The van der Waals surface area contributed by atoms with Crippen molar-refractivity contribution in [1.82, 2.24) is 0 Å². The lowest BCUT2D eigenvalue weighted by Gasteiger charge is -2.12. The molecule has 2 aliphatic rings. The van der Waals surface area contributed by atoms with Crippen molar-refractivity contribution in [2.75, 3.05) is 26.4 Å². The summed E-state index contributed by atoms with van der Waals surface area (Å²) in [7, 11) is 0. The average Bonchev–Trinajstić information content (AvgIpc) is 3.20. The van der Waals surface area contributed by atoms with Gasteiger partial charge in [0.05, 0.1) is 13.2 Å². The Morgan fingerprint density at radius 1 is 1.06 bits per heavy atom. The first-order valence-corrected chi connectivity index (χ1v) is 5.91. The van der Waals surface area contributed by atoms with Crippen LogP contribution in [-0.4, -0.2) is 38.6 Å². The van der Waals surface area contributed by atoms with Gasteiger partial charge in [0.15, 0.2) is 0 Å². The molecule has 0 N–H and O–H groups in total. The molecule has 2 heterocycles. The average molecular weight is 236 g/mol. The van der Waals surface area contributed by atoms with Crippen molar-refractivity contribution >= 4 is 0 Å². The summed E-state index contributed by atoms with van der Waals surface area (Å²) in [5.74, 6) is 1.74. The van der Waals surface area contributed by atoms with Crippen LogP contribution in [-0.2, 0) is 9.47 Å². The van der Waals surface area contributed by atoms with Crippen LogP contribution in [0.1, 0.15) is 5.56 Å². The Bertz CT molecular complexity index is 362. The molecule has 2 unspecified atom stereocenters. The van der Waals surface area contributed by atoms with Crippen LogP contribution >= 0.6 is 0 Å². The second-order valence-electron chi connectivity index (χ2n) is 4.41. The van der Waals surface area contributed by atoms with E-state index in [2.05, 4.69) is 0 Å². The first-order chi connectivity index (χ1) is 8.33. The summed E-state index contributed by atoms with van der Waals surface area (Å²) >= 11 is 0. The fourth-order valence-corrected chi connectivity index (χ4v) is 1.60. The van der Waals surface area contributed by atoms with Crippen LogP contribution in [0.5, 0.6) is 11.5 Å². The highest BCUT2D eigenvalue weighted by atomic mass is 16.6. The number of hydrogen-bond donors (Lipinski definition) is 0. The second kappa shape index (κ2) is 4.55. The molecule has 0 aliphatic carbocycles. The smallest absolute Gasteiger partial charge is 0.126 e. The topological polar surface area (TPSA) is 43.5 Å². The Balaban J connectivity index is 1.62. The summed E-state index contributed by atoms with van der Waals surface area (Å²) in [6, 6.07) is 5.86. The molecule has 0 amide bonds. The van der Waals surface area contributed by atoms with Gasteiger partial charge in [-0.25, -0.2) is 0 Å². The Labute approximate surface area is 100 Å². The highest BCUT2D eigenvalue weighted by Crippen LogP contribution is 2.28. The maximum absolute atomic E-state index is 5.69. The first-order valence-electron chi connectivity index (χ1n) is 5.91. The maximum atomic E-state index is 5.69. The third-order valence-corrected chi connectivity index (χ3v) is 2.89. The van der Waals surface area contributed by atoms with Crippen molar-refractivity contribution in [3.63, 3.8) is 0 Å². The van der Waals surface area contributed by atoms with E-state index in [-0.39, 0.29) is 12.2 Å². The highest BCUT2D eigenvalue weighted by Gasteiger charge is 2.25. The SMILES string of the molecule is Cc1c(OCC2CO2)cccc1OCC1CO1. The molecule has 4 nitrogen and oxygen atoms in total. The molecule has 1 aromatic rings. The number of epoxide rings is 2. The quantitative estimate of drug-likeness (QED) is 0.703. The zero-order chi connectivity index (χ0) is 11.7. The monoisotopic (exact) mass is 236 g/mol. The fraction of sp³-hybridized carbons (Fsp3) is 0.538. The van der Waals surface area contributed by atoms with Crippen molar-refractivity contribution in [3.05, 3.63) is 23.8 Å². The van der Waals surface area contributed by atoms with E-state index in [9.17, 15) is 0 Å². The van der Waals surface area contributed by atoms with Crippen LogP contribution in [0.4, 0.5) is 0 Å². The minimum Gasteiger partial charge on any atom is -0.490 e. The van der Waals surface area contributed by atoms with Crippen molar-refractivity contribution in [2.24, 2.45) is 0 Å². The molecule has 2 fully saturated rings. The summed E-state index contributed by atoms with van der Waals surface area (Å²) < 4.78 is 21.6. The summed E-state index contributed by atoms with van der Waals surface area (Å²) in [6.07, 6.45) is 0.553. The van der Waals surface area contributed by atoms with Gasteiger partial charge in [-0.1, -0.05) is 6.07 Å². The van der Waals surface area contributed by atoms with Gasteiger partial charge in [-0.2, -0.15) is 0 Å². The predicted octanol–water partition coefficient (Wildman–Crippen LogP) is 1.55. The Morgan fingerprint density at radius 3 is 1.94 bits per heavy atom. The van der Waals surface area contributed by atoms with E-state index in [0.29, 0.717) is 13.2 Å². The first kappa shape index (κ1) is 10.9. The Hall–Kier alpha value is -1.26. The summed E-state index contributed by atoms with van der Waals surface area (Å²) in [5, 5.41) is 0. The molecule has 1 aromatic carbocycles. The largest absolute Gasteiger partial charge is 0.490 e. The summed E-state index contributed by atoms with van der Waals surface area (Å²) in [4.78, 5) is 0. The van der Waals surface area contributed by atoms with Gasteiger partial charge in [0, 0.05) is 5.56 Å². The van der Waals surface area contributed by atoms with E-state index in [1.807, 2.05) is 25.1 Å². The molecule has 0 saturated carbocycles. The van der Waals surface area contributed by atoms with Crippen LogP contribution in [0.25, 0.3) is 0 Å². The van der Waals surface area contributed by atoms with Gasteiger partial charge < -0.3 is 18.9 Å². The minimum atomic E-state index is 0.277. The van der Waals surface area contributed by atoms with Gasteiger partial charge in [-0.05, 0) is 19.1 Å². The molecular weight excluding hydrogens is 220 g/mol. The molecule has 2 aliphatic heterocycles. The zero-order valence-corrected chi connectivity index (χ0v) is 9.85. The van der Waals surface area contributed by atoms with Crippen molar-refractivity contribution in [2.45, 2.75) is 19.1 Å². The van der Waals surface area contributed by atoms with Crippen molar-refractivity contribution < 1.29 is 18.9 Å². The number of benzene rings is 1. The normalized spacial score (nSPS) is 25.5. The van der Waals surface area contributed by atoms with Gasteiger partial charge in [-0.15, -0.1) is 0 Å². The Kier molecular flexibility index (Phi) is 2.91. The summed E-state index contributed by atoms with van der Waals surface area (Å²) in [6.45, 7) is 4.88. The molecule has 4 heteroatoms. The lowest BCUT2D eigenvalue weighted by molar-refractivity contribution is 0.250. The van der Waals surface area contributed by atoms with Crippen molar-refractivity contribution in [3.8, 4) is 11.5 Å². The molecule has 0 bridgehead atoms. The van der Waals surface area contributed by atoms with E-state index in [1.54, 1.807) is 0 Å². The summed E-state index contributed by atoms with van der Waals surface area (Å²) in [5.41, 5.74) is 1.04. The molecular formula is C13H16O4. The molecule has 2 saturated heterocycles. The molecule has 92 valence electrons. The van der Waals surface area contributed by atoms with Crippen LogP contribution in [0.2, 0.25) is 0 Å². The lowest BCUT2D eigenvalue weighted by Crippen LogP contribution is -2.08. The number of hydrogen-bond acceptors (Lipinski definition) is 4. The van der Waals surface area contributed by atoms with Gasteiger partial charge in [0.25, 0.3) is 0 Å². The van der Waals surface area contributed by atoms with Crippen molar-refractivity contribution in [1.29, 1.82) is 0 Å². The van der Waals surface area contributed by atoms with E-state index in [4.69, 9.17) is 18.9 Å². The van der Waals surface area contributed by atoms with Gasteiger partial charge in [0.1, 0.15) is 36.9 Å². The van der Waals surface area contributed by atoms with Crippen LogP contribution in [0.3, 0.4) is 0 Å². The minimum absolute atomic E-state index is 0.277. The highest BCUT2D eigenvalue weighted by molar-refractivity contribution is 5.43. The standard InChI is InChI=1S/C13H16O4/c1-9-12(16-7-10-5-14-10)3-2-4-13(9)17-8-11-6-15-11/h2-4,10-11H,5-8H2,1H3. The number of ether oxygens (including phenoxy) is 4. The van der Waals surface area contributed by atoms with E-state index >= 15 is 0 Å². The van der Waals surface area contributed by atoms with Crippen LogP contribution < -0.4 is 9.47 Å². The third kappa shape index (κ3) is 2.90. The number of rotatable bonds is 6. The molecule has 2 atom stereocenters. The van der Waals surface area contributed by atoms with Gasteiger partial charge >= 0.3 is 0 Å². The van der Waals surface area contributed by atoms with E-state index in [1.165, 1.54) is 0 Å². The van der Waals surface area contributed by atoms with Gasteiger partial charge in [-0.3, -0.25) is 0 Å². The maximum Gasteiger partial charge on any atom is 0.126 e. The Morgan fingerprint density at radius 2 is 1.53 bits per heavy atom. The van der Waals surface area contributed by atoms with Crippen LogP contribution in [0.15, 0.2) is 18.2 Å². The fourth-order valence-electron chi connectivity index (χ4n) is 1.60. The molecule has 0 radical (unpaired) electrons. The molecule has 0 aromatic heterocycles. The zero-order valence-electron chi connectivity index (χ0n) is 9.85. The molecule has 0 spiro atoms. The lowest BCUT2D eigenvalue weighted by atomic mass is 10.2. The predicted molar refractivity (Wildman–Crippen MR) is 61.6 cm³/mol. The van der Waals surface area contributed by atoms with E-state index in [0.717, 1.165) is 30.3 Å². The molecule has 17 heavy (non-hydrogen) atoms. The van der Waals surface area contributed by atoms with E-state index < -0.39 is 0 Å². The van der Waals surface area contributed by atoms with Gasteiger partial charge in [0.2, 0.25) is 0 Å². The molecule has 3 rings (SSSR count). The van der Waals surface area contributed by atoms with Crippen LogP contribution in [0, 0.1) is 6.92 Å². The second-order valence-corrected chi connectivity index (χ2v) is 4.41.